The molecule has 1 atom stereocenters. The Morgan fingerprint density at radius 3 is 2.52 bits per heavy atom. The van der Waals surface area contributed by atoms with E-state index in [1.807, 2.05) is 0 Å². The monoisotopic (exact) mass is 292 g/mol. The Hall–Kier alpha value is -2.49. The maximum Gasteiger partial charge on any atom is 0.346 e. The Morgan fingerprint density at radius 1 is 1.24 bits per heavy atom. The van der Waals surface area contributed by atoms with Gasteiger partial charge in [-0.3, -0.25) is 26.8 Å². The molecule has 21 heavy (non-hydrogen) atoms. The molecule has 0 spiro atoms. The Labute approximate surface area is 118 Å². The van der Waals surface area contributed by atoms with Crippen molar-refractivity contribution in [3.05, 3.63) is 34.6 Å². The molecule has 0 bridgehead atoms. The average molecular weight is 292 g/mol. The van der Waals surface area contributed by atoms with Gasteiger partial charge in [0.25, 0.3) is 11.6 Å². The fraction of sp³-hybridized carbons (Fsp3) is 0.250. The van der Waals surface area contributed by atoms with Crippen LogP contribution in [0.2, 0.25) is 0 Å². The second-order valence-electron chi connectivity index (χ2n) is 5.06. The van der Waals surface area contributed by atoms with Crippen LogP contribution in [0.15, 0.2) is 34.6 Å². The number of hydrogen-bond donors (Lipinski definition) is 4. The highest BCUT2D eigenvalue weighted by Gasteiger charge is 2.55. The van der Waals surface area contributed by atoms with E-state index in [4.69, 9.17) is 32.4 Å². The van der Waals surface area contributed by atoms with Crippen LogP contribution < -0.4 is 22.9 Å². The first-order chi connectivity index (χ1) is 9.66. The number of carbonyl (C=O) groups excluding carboxylic acids is 3. The zero-order valence-corrected chi connectivity index (χ0v) is 10.7. The van der Waals surface area contributed by atoms with E-state index in [0.29, 0.717) is 5.57 Å². The number of hydrogen-bond acceptors (Lipinski definition) is 8. The summed E-state index contributed by atoms with van der Waals surface area (Å²) >= 11 is 0. The minimum absolute atomic E-state index is 0.00954. The largest absolute Gasteiger partial charge is 0.467 e. The summed E-state index contributed by atoms with van der Waals surface area (Å²) in [6, 6.07) is 0. The maximum atomic E-state index is 12.4. The summed E-state index contributed by atoms with van der Waals surface area (Å²) in [5.74, 6) is -4.30. The fourth-order valence-corrected chi connectivity index (χ4v) is 2.51. The molecule has 1 unspecified atom stereocenters. The van der Waals surface area contributed by atoms with E-state index >= 15 is 0 Å². The summed E-state index contributed by atoms with van der Waals surface area (Å²) in [7, 11) is 0. The lowest BCUT2D eigenvalue weighted by Gasteiger charge is -2.36. The SMILES string of the molecule is NC(=O)C1=C2C=C3CC(N)(N)OC=C3C(=O)C2(N)OC1=O. The van der Waals surface area contributed by atoms with Crippen LogP contribution in [0.3, 0.4) is 0 Å². The molecule has 0 aromatic carbocycles. The molecular formula is C12H12N4O5. The van der Waals surface area contributed by atoms with Crippen LogP contribution in [0.25, 0.3) is 0 Å². The molecule has 0 saturated carbocycles. The molecule has 0 aromatic rings. The van der Waals surface area contributed by atoms with Crippen molar-refractivity contribution in [2.24, 2.45) is 22.9 Å². The zero-order valence-electron chi connectivity index (χ0n) is 10.7. The van der Waals surface area contributed by atoms with Gasteiger partial charge in [-0.05, 0) is 11.6 Å². The quantitative estimate of drug-likeness (QED) is 0.230. The Morgan fingerprint density at radius 2 is 1.90 bits per heavy atom. The van der Waals surface area contributed by atoms with Gasteiger partial charge in [-0.15, -0.1) is 0 Å². The third kappa shape index (κ3) is 1.72. The number of carbonyl (C=O) groups is 3. The first-order valence-corrected chi connectivity index (χ1v) is 5.94. The van der Waals surface area contributed by atoms with E-state index in [1.54, 1.807) is 0 Å². The van der Waals surface area contributed by atoms with Crippen molar-refractivity contribution in [2.45, 2.75) is 18.0 Å². The molecule has 0 aromatic heterocycles. The normalized spacial score (nSPS) is 29.9. The van der Waals surface area contributed by atoms with Gasteiger partial charge in [0.15, 0.2) is 0 Å². The maximum absolute atomic E-state index is 12.4. The molecule has 2 aliphatic heterocycles. The zero-order chi connectivity index (χ0) is 15.6. The molecule has 2 heterocycles. The molecule has 0 radical (unpaired) electrons. The van der Waals surface area contributed by atoms with Gasteiger partial charge in [0.1, 0.15) is 5.57 Å². The van der Waals surface area contributed by atoms with Crippen molar-refractivity contribution in [2.75, 3.05) is 0 Å². The van der Waals surface area contributed by atoms with Gasteiger partial charge in [0.2, 0.25) is 11.6 Å². The van der Waals surface area contributed by atoms with Crippen LogP contribution in [0, 0.1) is 0 Å². The number of fused-ring (bicyclic) bond motifs is 2. The highest BCUT2D eigenvalue weighted by Crippen LogP contribution is 2.42. The fourth-order valence-electron chi connectivity index (χ4n) is 2.51. The van der Waals surface area contributed by atoms with Crippen LogP contribution >= 0.6 is 0 Å². The van der Waals surface area contributed by atoms with Crippen molar-refractivity contribution in [1.82, 2.24) is 0 Å². The van der Waals surface area contributed by atoms with Crippen LogP contribution in [0.4, 0.5) is 0 Å². The van der Waals surface area contributed by atoms with Crippen molar-refractivity contribution in [3.63, 3.8) is 0 Å². The first kappa shape index (κ1) is 13.5. The van der Waals surface area contributed by atoms with Crippen molar-refractivity contribution in [3.8, 4) is 0 Å². The lowest BCUT2D eigenvalue weighted by atomic mass is 9.80. The number of esters is 1. The van der Waals surface area contributed by atoms with E-state index in [2.05, 4.69) is 0 Å². The minimum atomic E-state index is -2.08. The van der Waals surface area contributed by atoms with Crippen molar-refractivity contribution < 1.29 is 23.9 Å². The molecule has 1 aliphatic carbocycles. The van der Waals surface area contributed by atoms with Gasteiger partial charge >= 0.3 is 5.97 Å². The number of amides is 1. The van der Waals surface area contributed by atoms with E-state index in [-0.39, 0.29) is 17.6 Å². The summed E-state index contributed by atoms with van der Waals surface area (Å²) in [6.45, 7) is 0. The van der Waals surface area contributed by atoms with E-state index in [0.717, 1.165) is 6.26 Å². The Balaban J connectivity index is 2.24. The molecule has 9 nitrogen and oxygen atoms in total. The van der Waals surface area contributed by atoms with Gasteiger partial charge in [0, 0.05) is 12.0 Å². The summed E-state index contributed by atoms with van der Waals surface area (Å²) in [5.41, 5.74) is 20.1. The molecule has 0 saturated heterocycles. The highest BCUT2D eigenvalue weighted by atomic mass is 16.6. The van der Waals surface area contributed by atoms with Gasteiger partial charge in [-0.25, -0.2) is 4.79 Å². The van der Waals surface area contributed by atoms with Gasteiger partial charge in [-0.2, -0.15) is 0 Å². The lowest BCUT2D eigenvalue weighted by molar-refractivity contribution is -0.154. The van der Waals surface area contributed by atoms with Crippen molar-refractivity contribution >= 4 is 17.7 Å². The number of nitrogens with two attached hydrogens (primary N) is 4. The molecule has 9 heteroatoms. The predicted molar refractivity (Wildman–Crippen MR) is 67.2 cm³/mol. The second-order valence-corrected chi connectivity index (χ2v) is 5.06. The Bertz CT molecular complexity index is 702. The smallest absolute Gasteiger partial charge is 0.346 e. The summed E-state index contributed by atoms with van der Waals surface area (Å²) < 4.78 is 9.88. The number of Topliss-reactive ketones (excluding diaryl/α,β-unsaturated/α-hetero) is 1. The van der Waals surface area contributed by atoms with Crippen LogP contribution in [0.1, 0.15) is 6.42 Å². The summed E-state index contributed by atoms with van der Waals surface area (Å²) in [4.78, 5) is 35.5. The van der Waals surface area contributed by atoms with Gasteiger partial charge in [0.05, 0.1) is 11.8 Å². The molecule has 8 N–H and O–H groups in total. The van der Waals surface area contributed by atoms with Gasteiger partial charge < -0.3 is 15.2 Å². The average Bonchev–Trinajstić information content (AvgIpc) is 2.60. The third-order valence-electron chi connectivity index (χ3n) is 3.48. The van der Waals surface area contributed by atoms with Crippen LogP contribution in [-0.4, -0.2) is 29.2 Å². The molecule has 0 fully saturated rings. The number of primary amides is 1. The van der Waals surface area contributed by atoms with Crippen LogP contribution in [0.5, 0.6) is 0 Å². The van der Waals surface area contributed by atoms with E-state index < -0.39 is 34.8 Å². The highest BCUT2D eigenvalue weighted by molar-refractivity contribution is 6.23. The molecular weight excluding hydrogens is 280 g/mol. The van der Waals surface area contributed by atoms with E-state index in [1.165, 1.54) is 6.08 Å². The predicted octanol–water partition coefficient (Wildman–Crippen LogP) is -2.64. The second kappa shape index (κ2) is 3.79. The standard InChI is InChI=1S/C12H12N4O5/c13-9(18)7-6-1-4-2-11(14,15)20-3-5(4)8(17)12(6,16)21-10(7)19/h1,3H,2,14-16H2,(H2,13,18). The molecule has 3 aliphatic rings. The van der Waals surface area contributed by atoms with Crippen LogP contribution in [-0.2, 0) is 23.9 Å². The number of rotatable bonds is 1. The third-order valence-corrected chi connectivity index (χ3v) is 3.48. The van der Waals surface area contributed by atoms with Crippen molar-refractivity contribution in [1.29, 1.82) is 0 Å². The molecule has 110 valence electrons. The van der Waals surface area contributed by atoms with E-state index in [9.17, 15) is 14.4 Å². The Kier molecular flexibility index (Phi) is 2.43. The number of ether oxygens (including phenoxy) is 2. The molecule has 1 amide bonds. The topological polar surface area (TPSA) is 174 Å². The molecule has 3 rings (SSSR count). The minimum Gasteiger partial charge on any atom is -0.467 e. The lowest BCUT2D eigenvalue weighted by Crippen LogP contribution is -2.57. The number of ketones is 1. The van der Waals surface area contributed by atoms with Gasteiger partial charge in [-0.1, -0.05) is 0 Å². The first-order valence-electron chi connectivity index (χ1n) is 5.94. The summed E-state index contributed by atoms with van der Waals surface area (Å²) in [6.07, 6.45) is 2.43. The summed E-state index contributed by atoms with van der Waals surface area (Å²) in [5, 5.41) is 0.